The zero-order valence-corrected chi connectivity index (χ0v) is 21.1. The first kappa shape index (κ1) is 22.4. The first-order valence-corrected chi connectivity index (χ1v) is 13.8. The second-order valence-electron chi connectivity index (χ2n) is 8.42. The van der Waals surface area contributed by atoms with Gasteiger partial charge in [0.2, 0.25) is 5.91 Å². The smallest absolute Gasteiger partial charge is 0.236 e. The van der Waals surface area contributed by atoms with Crippen LogP contribution in [0.15, 0.2) is 10.3 Å². The van der Waals surface area contributed by atoms with Crippen LogP contribution in [0.25, 0.3) is 15.9 Å². The third-order valence-electron chi connectivity index (χ3n) is 6.03. The van der Waals surface area contributed by atoms with Gasteiger partial charge in [-0.25, -0.2) is 9.38 Å². The van der Waals surface area contributed by atoms with Gasteiger partial charge in [-0.2, -0.15) is 0 Å². The van der Waals surface area contributed by atoms with Gasteiger partial charge in [-0.3, -0.25) is 4.79 Å². The van der Waals surface area contributed by atoms with Gasteiger partial charge in [0.15, 0.2) is 16.0 Å². The number of thioether (sulfide) groups is 2. The molecule has 0 aliphatic carbocycles. The second kappa shape index (κ2) is 9.09. The molecule has 172 valence electrons. The molecule has 2 atom stereocenters. The maximum Gasteiger partial charge on any atom is 0.236 e. The lowest BCUT2D eigenvalue weighted by Crippen LogP contribution is -2.44. The van der Waals surface area contributed by atoms with Crippen molar-refractivity contribution in [3.63, 3.8) is 0 Å². The molecule has 0 spiro atoms. The zero-order chi connectivity index (χ0) is 22.4. The largest absolute Gasteiger partial charge is 0.378 e. The summed E-state index contributed by atoms with van der Waals surface area (Å²) in [6, 6.07) is 0. The van der Waals surface area contributed by atoms with Crippen LogP contribution >= 0.6 is 34.9 Å². The number of ether oxygens (including phenoxy) is 2. The molecule has 32 heavy (non-hydrogen) atoms. The highest BCUT2D eigenvalue weighted by atomic mass is 32.2. The van der Waals surface area contributed by atoms with Crippen LogP contribution in [0.3, 0.4) is 0 Å². The van der Waals surface area contributed by atoms with E-state index in [4.69, 9.17) is 14.5 Å². The van der Waals surface area contributed by atoms with Gasteiger partial charge >= 0.3 is 0 Å². The molecule has 5 rings (SSSR count). The first-order chi connectivity index (χ1) is 15.5. The summed E-state index contributed by atoms with van der Waals surface area (Å²) < 4.78 is 13.5. The van der Waals surface area contributed by atoms with E-state index in [1.165, 1.54) is 22.2 Å². The number of aromatic nitrogens is 4. The fraction of sp³-hybridized carbons (Fsp3) is 0.619. The van der Waals surface area contributed by atoms with Gasteiger partial charge in [-0.15, -0.1) is 21.5 Å². The fourth-order valence-electron chi connectivity index (χ4n) is 4.21. The number of carbonyl (C=O) groups excluding carboxylic acids is 1. The number of hydrogen-bond donors (Lipinski definition) is 0. The van der Waals surface area contributed by atoms with Crippen LogP contribution in [0.5, 0.6) is 0 Å². The number of carbonyl (C=O) groups is 1. The van der Waals surface area contributed by atoms with Crippen LogP contribution in [0.2, 0.25) is 0 Å². The summed E-state index contributed by atoms with van der Waals surface area (Å²) in [5.74, 6) is 0.559. The van der Waals surface area contributed by atoms with Crippen molar-refractivity contribution in [3.8, 4) is 0 Å². The third-order valence-corrected chi connectivity index (χ3v) is 8.80. The number of nitrogens with zero attached hydrogens (tertiary/aromatic N) is 5. The average Bonchev–Trinajstić information content (AvgIpc) is 3.39. The Bertz CT molecular complexity index is 1150. The van der Waals surface area contributed by atoms with Crippen molar-refractivity contribution in [1.29, 1.82) is 0 Å². The number of rotatable bonds is 5. The lowest BCUT2D eigenvalue weighted by atomic mass is 9.96. The monoisotopic (exact) mass is 493 g/mol. The minimum atomic E-state index is -0.263. The molecule has 5 heterocycles. The Morgan fingerprint density at radius 2 is 1.97 bits per heavy atom. The molecule has 1 saturated heterocycles. The lowest BCUT2D eigenvalue weighted by Gasteiger charge is -2.28. The van der Waals surface area contributed by atoms with Gasteiger partial charge in [0.05, 0.1) is 36.6 Å². The summed E-state index contributed by atoms with van der Waals surface area (Å²) in [5.41, 5.74) is 2.12. The topological polar surface area (TPSA) is 81.9 Å². The summed E-state index contributed by atoms with van der Waals surface area (Å²) in [7, 11) is 0. The number of morpholine rings is 1. The molecule has 2 aliphatic rings. The Balaban J connectivity index is 1.53. The normalized spacial score (nSPS) is 20.3. The van der Waals surface area contributed by atoms with E-state index in [9.17, 15) is 4.79 Å². The Hall–Kier alpha value is -1.40. The van der Waals surface area contributed by atoms with Gasteiger partial charge in [-0.1, -0.05) is 37.4 Å². The summed E-state index contributed by atoms with van der Waals surface area (Å²) in [5, 5.41) is 11.5. The molecule has 0 unspecified atom stereocenters. The number of fused-ring (bicyclic) bond motifs is 5. The van der Waals surface area contributed by atoms with Crippen molar-refractivity contribution >= 4 is 56.6 Å². The van der Waals surface area contributed by atoms with Crippen LogP contribution in [-0.4, -0.2) is 74.3 Å². The Morgan fingerprint density at radius 3 is 2.69 bits per heavy atom. The van der Waals surface area contributed by atoms with Crippen molar-refractivity contribution < 1.29 is 14.3 Å². The molecule has 2 aliphatic heterocycles. The van der Waals surface area contributed by atoms with E-state index in [1.807, 2.05) is 22.5 Å². The molecule has 0 N–H and O–H groups in total. The van der Waals surface area contributed by atoms with E-state index in [2.05, 4.69) is 24.0 Å². The van der Waals surface area contributed by atoms with E-state index in [1.54, 1.807) is 23.1 Å². The van der Waals surface area contributed by atoms with Crippen LogP contribution in [0.4, 0.5) is 0 Å². The first-order valence-electron chi connectivity index (χ1n) is 10.9. The molecule has 8 nitrogen and oxygen atoms in total. The van der Waals surface area contributed by atoms with Crippen molar-refractivity contribution in [1.82, 2.24) is 24.5 Å². The Kier molecular flexibility index (Phi) is 6.36. The Labute approximate surface area is 199 Å². The summed E-state index contributed by atoms with van der Waals surface area (Å²) in [6.07, 6.45) is 3.07. The van der Waals surface area contributed by atoms with E-state index in [-0.39, 0.29) is 17.3 Å². The summed E-state index contributed by atoms with van der Waals surface area (Å²) in [4.78, 5) is 22.0. The fourth-order valence-corrected chi connectivity index (χ4v) is 6.92. The highest BCUT2D eigenvalue weighted by molar-refractivity contribution is 8.00. The minimum Gasteiger partial charge on any atom is -0.378 e. The Morgan fingerprint density at radius 1 is 1.19 bits per heavy atom. The molecule has 0 aromatic carbocycles. The third kappa shape index (κ3) is 3.91. The highest BCUT2D eigenvalue weighted by Gasteiger charge is 2.30. The van der Waals surface area contributed by atoms with Gasteiger partial charge in [0.25, 0.3) is 0 Å². The maximum absolute atomic E-state index is 12.9. The molecule has 0 radical (unpaired) electrons. The van der Waals surface area contributed by atoms with Crippen LogP contribution < -0.4 is 0 Å². The number of amides is 1. The van der Waals surface area contributed by atoms with Crippen molar-refractivity contribution in [2.45, 2.75) is 55.5 Å². The van der Waals surface area contributed by atoms with Crippen molar-refractivity contribution in [2.24, 2.45) is 5.92 Å². The van der Waals surface area contributed by atoms with Crippen LogP contribution in [-0.2, 0) is 27.3 Å². The van der Waals surface area contributed by atoms with Crippen LogP contribution in [0, 0.1) is 5.92 Å². The van der Waals surface area contributed by atoms with Gasteiger partial charge in [0.1, 0.15) is 4.83 Å². The van der Waals surface area contributed by atoms with Crippen molar-refractivity contribution in [2.75, 3.05) is 32.6 Å². The maximum atomic E-state index is 12.9. The molecule has 0 bridgehead atoms. The number of hydrogen-bond acceptors (Lipinski definition) is 9. The van der Waals surface area contributed by atoms with Crippen LogP contribution in [0.1, 0.15) is 31.2 Å². The minimum absolute atomic E-state index is 0.111. The molecular weight excluding hydrogens is 466 g/mol. The lowest BCUT2D eigenvalue weighted by molar-refractivity contribution is -0.134. The average molecular weight is 494 g/mol. The molecule has 1 fully saturated rings. The molecule has 11 heteroatoms. The van der Waals surface area contributed by atoms with Gasteiger partial charge < -0.3 is 14.4 Å². The van der Waals surface area contributed by atoms with E-state index < -0.39 is 0 Å². The second-order valence-corrected chi connectivity index (χ2v) is 11.6. The van der Waals surface area contributed by atoms with Gasteiger partial charge in [-0.05, 0) is 24.7 Å². The predicted molar refractivity (Wildman–Crippen MR) is 128 cm³/mol. The quantitative estimate of drug-likeness (QED) is 0.395. The molecule has 1 amide bonds. The van der Waals surface area contributed by atoms with E-state index in [0.29, 0.717) is 44.0 Å². The number of thiophene rings is 1. The summed E-state index contributed by atoms with van der Waals surface area (Å²) >= 11 is 4.71. The predicted octanol–water partition coefficient (Wildman–Crippen LogP) is 3.50. The molecular formula is C21H27N5O3S3. The molecule has 3 aromatic rings. The SMILES string of the molecule is CSc1nc2sc3c(c2c2nnc(S[C@@H](C)C(=O)N4CCOCC4)n12)C[C@@H](C(C)C)OC3. The molecule has 0 saturated carbocycles. The molecule has 3 aromatic heterocycles. The van der Waals surface area contributed by atoms with E-state index >= 15 is 0 Å². The highest BCUT2D eigenvalue weighted by Crippen LogP contribution is 2.40. The van der Waals surface area contributed by atoms with Crippen molar-refractivity contribution in [3.05, 3.63) is 10.4 Å². The summed E-state index contributed by atoms with van der Waals surface area (Å²) in [6.45, 7) is 9.43. The van der Waals surface area contributed by atoms with Gasteiger partial charge in [0, 0.05) is 24.4 Å². The van der Waals surface area contributed by atoms with E-state index in [0.717, 1.165) is 27.4 Å². The standard InChI is InChI=1S/C21H27N5O3S3/c1-11(2)14-9-13-15(10-29-14)32-18-16(13)17-23-24-21(26(17)20(22-18)30-4)31-12(3)19(27)25-5-7-28-8-6-25/h11-12,14H,5-10H2,1-4H3/t12-,14-/m0/s1. The zero-order valence-electron chi connectivity index (χ0n) is 18.7.